The van der Waals surface area contributed by atoms with Crippen LogP contribution in [0.4, 0.5) is 8.78 Å². The Morgan fingerprint density at radius 3 is 2.60 bits per heavy atom. The van der Waals surface area contributed by atoms with E-state index in [2.05, 4.69) is 10.1 Å². The molecule has 2 amide bonds. The van der Waals surface area contributed by atoms with Crippen molar-refractivity contribution in [1.29, 1.82) is 0 Å². The second kappa shape index (κ2) is 10.3. The number of benzene rings is 1. The summed E-state index contributed by atoms with van der Waals surface area (Å²) in [4.78, 5) is 25.1. The quantitative estimate of drug-likeness (QED) is 0.690. The van der Waals surface area contributed by atoms with E-state index in [-0.39, 0.29) is 29.5 Å². The Kier molecular flexibility index (Phi) is 8.38. The van der Waals surface area contributed by atoms with Crippen LogP contribution in [0.2, 0.25) is 0 Å². The Bertz CT molecular complexity index is 621. The first-order valence-corrected chi connectivity index (χ1v) is 7.78. The summed E-state index contributed by atoms with van der Waals surface area (Å²) in [6.45, 7) is 1.22. The van der Waals surface area contributed by atoms with E-state index >= 15 is 0 Å². The van der Waals surface area contributed by atoms with E-state index in [4.69, 9.17) is 4.74 Å². The van der Waals surface area contributed by atoms with Gasteiger partial charge in [0.1, 0.15) is 0 Å². The summed E-state index contributed by atoms with van der Waals surface area (Å²) < 4.78 is 34.7. The van der Waals surface area contributed by atoms with Crippen LogP contribution in [0, 0.1) is 0 Å². The zero-order chi connectivity index (χ0) is 18.8. The first-order chi connectivity index (χ1) is 11.9. The average Bonchev–Trinajstić information content (AvgIpc) is 2.58. The summed E-state index contributed by atoms with van der Waals surface area (Å²) in [5.74, 6) is -0.714. The summed E-state index contributed by atoms with van der Waals surface area (Å²) >= 11 is 0. The predicted octanol–water partition coefficient (Wildman–Crippen LogP) is 2.29. The number of alkyl halides is 2. The van der Waals surface area contributed by atoms with Gasteiger partial charge in [0.05, 0.1) is 13.7 Å². The number of methoxy groups -OCH3 is 1. The third-order valence-electron chi connectivity index (χ3n) is 3.24. The molecule has 1 aromatic carbocycles. The lowest BCUT2D eigenvalue weighted by atomic mass is 10.1. The third-order valence-corrected chi connectivity index (χ3v) is 3.24. The fourth-order valence-corrected chi connectivity index (χ4v) is 2.08. The van der Waals surface area contributed by atoms with Crippen molar-refractivity contribution < 1.29 is 27.8 Å². The van der Waals surface area contributed by atoms with Gasteiger partial charge in [0.25, 0.3) is 0 Å². The van der Waals surface area contributed by atoms with Gasteiger partial charge in [-0.2, -0.15) is 8.78 Å². The maximum atomic E-state index is 12.6. The molecule has 0 saturated heterocycles. The van der Waals surface area contributed by atoms with Crippen LogP contribution in [0.25, 0.3) is 6.08 Å². The molecule has 0 aliphatic carbocycles. The van der Waals surface area contributed by atoms with Crippen LogP contribution in [0.1, 0.15) is 19.4 Å². The molecule has 0 unspecified atom stereocenters. The van der Waals surface area contributed by atoms with Gasteiger partial charge in [0.2, 0.25) is 11.8 Å². The topological polar surface area (TPSA) is 67.9 Å². The monoisotopic (exact) mass is 356 g/mol. The number of carbonyl (C=O) groups is 2. The van der Waals surface area contributed by atoms with Gasteiger partial charge in [0, 0.05) is 24.7 Å². The van der Waals surface area contributed by atoms with Gasteiger partial charge in [-0.1, -0.05) is 12.1 Å². The summed E-state index contributed by atoms with van der Waals surface area (Å²) in [7, 11) is 1.33. The van der Waals surface area contributed by atoms with E-state index in [9.17, 15) is 18.4 Å². The van der Waals surface area contributed by atoms with E-state index in [1.165, 1.54) is 36.3 Å². The smallest absolute Gasteiger partial charge is 0.387 e. The highest BCUT2D eigenvalue weighted by Crippen LogP contribution is 2.33. The molecule has 8 heteroatoms. The molecular formula is C17H22F2N2O4. The molecule has 0 saturated carbocycles. The Balaban J connectivity index is 2.95. The Morgan fingerprint density at radius 1 is 1.32 bits per heavy atom. The highest BCUT2D eigenvalue weighted by Gasteiger charge is 2.16. The zero-order valence-electron chi connectivity index (χ0n) is 14.4. The van der Waals surface area contributed by atoms with Crippen molar-refractivity contribution in [3.8, 4) is 11.5 Å². The molecule has 0 atom stereocenters. The van der Waals surface area contributed by atoms with Crippen molar-refractivity contribution in [3.05, 3.63) is 29.8 Å². The number of likely N-dealkylation sites (N-methyl/N-ethyl adjacent to an activating group) is 2. The summed E-state index contributed by atoms with van der Waals surface area (Å²) in [6.07, 6.45) is 2.55. The molecule has 138 valence electrons. The second-order valence-electron chi connectivity index (χ2n) is 4.90. The minimum absolute atomic E-state index is 0.0774. The minimum atomic E-state index is -3.02. The van der Waals surface area contributed by atoms with Crippen LogP contribution in [-0.2, 0) is 9.59 Å². The van der Waals surface area contributed by atoms with Crippen molar-refractivity contribution in [2.75, 3.05) is 26.7 Å². The number of para-hydroxylation sites is 1. The van der Waals surface area contributed by atoms with Crippen molar-refractivity contribution in [2.45, 2.75) is 20.5 Å². The van der Waals surface area contributed by atoms with Crippen LogP contribution in [0.3, 0.4) is 0 Å². The van der Waals surface area contributed by atoms with Crippen molar-refractivity contribution >= 4 is 17.9 Å². The van der Waals surface area contributed by atoms with Crippen molar-refractivity contribution in [3.63, 3.8) is 0 Å². The van der Waals surface area contributed by atoms with Gasteiger partial charge >= 0.3 is 6.61 Å². The molecule has 0 bridgehead atoms. The number of hydrogen-bond donors (Lipinski definition) is 1. The normalized spacial score (nSPS) is 10.8. The lowest BCUT2D eigenvalue weighted by Gasteiger charge is -2.18. The average molecular weight is 356 g/mol. The molecule has 1 aromatic rings. The van der Waals surface area contributed by atoms with E-state index in [1.807, 2.05) is 0 Å². The number of amides is 2. The van der Waals surface area contributed by atoms with Crippen molar-refractivity contribution in [2.24, 2.45) is 0 Å². The van der Waals surface area contributed by atoms with Gasteiger partial charge in [-0.25, -0.2) is 0 Å². The lowest BCUT2D eigenvalue weighted by molar-refractivity contribution is -0.132. The molecule has 0 aliphatic heterocycles. The number of carbonyl (C=O) groups excluding carboxylic acids is 2. The highest BCUT2D eigenvalue weighted by molar-refractivity contribution is 5.94. The van der Waals surface area contributed by atoms with Crippen LogP contribution < -0.4 is 14.8 Å². The Labute approximate surface area is 145 Å². The summed E-state index contributed by atoms with van der Waals surface area (Å²) in [5.41, 5.74) is 0.266. The van der Waals surface area contributed by atoms with Gasteiger partial charge in [-0.15, -0.1) is 0 Å². The second-order valence-corrected chi connectivity index (χ2v) is 4.90. The van der Waals surface area contributed by atoms with Crippen LogP contribution >= 0.6 is 0 Å². The van der Waals surface area contributed by atoms with Crippen LogP contribution in [0.15, 0.2) is 24.3 Å². The number of hydrogen-bond acceptors (Lipinski definition) is 4. The van der Waals surface area contributed by atoms with Crippen molar-refractivity contribution in [1.82, 2.24) is 10.2 Å². The van der Waals surface area contributed by atoms with Gasteiger partial charge in [-0.3, -0.25) is 9.59 Å². The first kappa shape index (κ1) is 20.4. The molecule has 1 N–H and O–H groups in total. The van der Waals surface area contributed by atoms with E-state index in [0.29, 0.717) is 13.1 Å². The number of nitrogens with one attached hydrogen (secondary N) is 1. The van der Waals surface area contributed by atoms with E-state index in [1.54, 1.807) is 19.9 Å². The lowest BCUT2D eigenvalue weighted by Crippen LogP contribution is -2.39. The Hall–Kier alpha value is -2.64. The maximum Gasteiger partial charge on any atom is 0.387 e. The largest absolute Gasteiger partial charge is 0.493 e. The minimum Gasteiger partial charge on any atom is -0.493 e. The van der Waals surface area contributed by atoms with Gasteiger partial charge in [0.15, 0.2) is 11.5 Å². The van der Waals surface area contributed by atoms with Crippen LogP contribution in [0.5, 0.6) is 11.5 Å². The maximum absolute atomic E-state index is 12.6. The molecule has 0 fully saturated rings. The standard InChI is InChI=1S/C17H22F2N2O4/c1-4-20-14(22)11-21(5-2)15(23)10-9-12-7-6-8-13(24-3)16(12)25-17(18)19/h6-10,17H,4-5,11H2,1-3H3,(H,20,22). The molecule has 0 aromatic heterocycles. The molecule has 1 rings (SSSR count). The number of ether oxygens (including phenoxy) is 2. The molecule has 0 radical (unpaired) electrons. The SMILES string of the molecule is CCNC(=O)CN(CC)C(=O)C=Cc1cccc(OC)c1OC(F)F. The molecule has 0 heterocycles. The van der Waals surface area contributed by atoms with Gasteiger partial charge in [-0.05, 0) is 26.0 Å². The molecule has 0 aliphatic rings. The Morgan fingerprint density at radius 2 is 2.04 bits per heavy atom. The first-order valence-electron chi connectivity index (χ1n) is 7.78. The predicted molar refractivity (Wildman–Crippen MR) is 89.6 cm³/mol. The number of nitrogens with zero attached hydrogens (tertiary/aromatic N) is 1. The summed E-state index contributed by atoms with van der Waals surface area (Å²) in [6, 6.07) is 4.59. The number of rotatable bonds is 9. The third kappa shape index (κ3) is 6.40. The van der Waals surface area contributed by atoms with E-state index in [0.717, 1.165) is 0 Å². The molecule has 6 nitrogen and oxygen atoms in total. The fourth-order valence-electron chi connectivity index (χ4n) is 2.08. The highest BCUT2D eigenvalue weighted by atomic mass is 19.3. The summed E-state index contributed by atoms with van der Waals surface area (Å²) in [5, 5.41) is 2.61. The zero-order valence-corrected chi connectivity index (χ0v) is 14.4. The van der Waals surface area contributed by atoms with E-state index < -0.39 is 12.5 Å². The number of halogens is 2. The molecule has 25 heavy (non-hydrogen) atoms. The van der Waals surface area contributed by atoms with Crippen LogP contribution in [-0.4, -0.2) is 50.1 Å². The fraction of sp³-hybridized carbons (Fsp3) is 0.412. The molecule has 0 spiro atoms. The van der Waals surface area contributed by atoms with Gasteiger partial charge < -0.3 is 19.7 Å². The molecular weight excluding hydrogens is 334 g/mol.